The van der Waals surface area contributed by atoms with E-state index >= 15 is 0 Å². The van der Waals surface area contributed by atoms with Crippen LogP contribution in [-0.2, 0) is 22.5 Å². The Morgan fingerprint density at radius 3 is 2.62 bits per heavy atom. The predicted octanol–water partition coefficient (Wildman–Crippen LogP) is 3.26. The van der Waals surface area contributed by atoms with Gasteiger partial charge in [0, 0.05) is 49.3 Å². The van der Waals surface area contributed by atoms with Gasteiger partial charge in [-0.3, -0.25) is 14.8 Å². The lowest BCUT2D eigenvalue weighted by Crippen LogP contribution is -2.45. The van der Waals surface area contributed by atoms with E-state index in [0.29, 0.717) is 18.8 Å². The first-order chi connectivity index (χ1) is 15.4. The Bertz CT molecular complexity index is 1020. The molecule has 3 atom stereocenters. The van der Waals surface area contributed by atoms with Crippen molar-refractivity contribution >= 4 is 11.6 Å². The first-order valence-electron chi connectivity index (χ1n) is 11.6. The van der Waals surface area contributed by atoms with Crippen LogP contribution in [0.25, 0.3) is 0 Å². The number of pyridine rings is 1. The summed E-state index contributed by atoms with van der Waals surface area (Å²) in [7, 11) is 0. The number of aliphatic imine (C=N–C) groups is 1. The highest BCUT2D eigenvalue weighted by Crippen LogP contribution is 2.32. The highest BCUT2D eigenvalue weighted by atomic mass is 16.5. The van der Waals surface area contributed by atoms with E-state index in [9.17, 15) is 9.90 Å². The number of aliphatic hydroxyl groups is 1. The van der Waals surface area contributed by atoms with Gasteiger partial charge in [-0.25, -0.2) is 0 Å². The molecule has 0 spiro atoms. The first kappa shape index (κ1) is 21.3. The minimum Gasteiger partial charge on any atom is -0.390 e. The average molecular weight is 434 g/mol. The maximum Gasteiger partial charge on any atom is 0.139 e. The molecule has 1 N–H and O–H groups in total. The molecule has 168 valence electrons. The lowest BCUT2D eigenvalue weighted by molar-refractivity contribution is -0.120. The zero-order chi connectivity index (χ0) is 22.3. The number of Topliss-reactive ketones (excluding diaryl/α,β-unsaturated/α-hetero) is 1. The summed E-state index contributed by atoms with van der Waals surface area (Å²) in [5, 5.41) is 10.7. The fourth-order valence-corrected chi connectivity index (χ4v) is 5.24. The fourth-order valence-electron chi connectivity index (χ4n) is 5.24. The Morgan fingerprint density at radius 2 is 1.94 bits per heavy atom. The molecule has 2 saturated heterocycles. The molecule has 4 heterocycles. The van der Waals surface area contributed by atoms with E-state index in [-0.39, 0.29) is 24.5 Å². The number of nitrogens with zero attached hydrogens (tertiary/aromatic N) is 3. The lowest BCUT2D eigenvalue weighted by Gasteiger charge is -2.33. The van der Waals surface area contributed by atoms with Crippen molar-refractivity contribution in [3.8, 4) is 0 Å². The number of rotatable bonds is 6. The number of likely N-dealkylation sites (tertiary alicyclic amines) is 1. The Morgan fingerprint density at radius 1 is 1.22 bits per heavy atom. The third kappa shape index (κ3) is 4.34. The number of morpholine rings is 1. The number of carbonyl (C=O) groups is 1. The predicted molar refractivity (Wildman–Crippen MR) is 123 cm³/mol. The lowest BCUT2D eigenvalue weighted by atomic mass is 9.80. The monoisotopic (exact) mass is 433 g/mol. The Kier molecular flexibility index (Phi) is 5.59. The molecule has 3 aliphatic rings. The molecule has 2 fully saturated rings. The first-order valence-corrected chi connectivity index (χ1v) is 11.6. The Hall–Kier alpha value is -2.57. The number of benzene rings is 1. The van der Waals surface area contributed by atoms with Gasteiger partial charge < -0.3 is 14.7 Å². The van der Waals surface area contributed by atoms with Gasteiger partial charge in [-0.1, -0.05) is 30.3 Å². The van der Waals surface area contributed by atoms with E-state index in [4.69, 9.17) is 9.73 Å². The van der Waals surface area contributed by atoms with Crippen LogP contribution < -0.4 is 0 Å². The molecule has 2 aromatic rings. The average Bonchev–Trinajstić information content (AvgIpc) is 3.34. The van der Waals surface area contributed by atoms with Crippen molar-refractivity contribution in [3.05, 3.63) is 65.0 Å². The van der Waals surface area contributed by atoms with Gasteiger partial charge in [-0.2, -0.15) is 0 Å². The van der Waals surface area contributed by atoms with Crippen LogP contribution >= 0.6 is 0 Å². The van der Waals surface area contributed by atoms with E-state index in [1.54, 1.807) is 13.8 Å². The molecule has 6 heteroatoms. The van der Waals surface area contributed by atoms with Crippen LogP contribution in [0.3, 0.4) is 0 Å². The van der Waals surface area contributed by atoms with Crippen molar-refractivity contribution in [2.45, 2.75) is 69.8 Å². The molecule has 5 rings (SSSR count). The van der Waals surface area contributed by atoms with E-state index in [1.807, 2.05) is 42.6 Å². The van der Waals surface area contributed by atoms with Gasteiger partial charge in [0.05, 0.1) is 24.4 Å². The van der Waals surface area contributed by atoms with Crippen LogP contribution in [0.1, 0.15) is 61.4 Å². The van der Waals surface area contributed by atoms with E-state index in [1.165, 1.54) is 0 Å². The molecule has 2 bridgehead atoms. The van der Waals surface area contributed by atoms with Crippen molar-refractivity contribution in [1.82, 2.24) is 9.88 Å². The summed E-state index contributed by atoms with van der Waals surface area (Å²) in [6.45, 7) is 5.96. The summed E-state index contributed by atoms with van der Waals surface area (Å²) >= 11 is 0. The van der Waals surface area contributed by atoms with Gasteiger partial charge in [0.2, 0.25) is 0 Å². The zero-order valence-electron chi connectivity index (χ0n) is 18.8. The number of ketones is 1. The molecule has 0 amide bonds. The molecule has 0 radical (unpaired) electrons. The number of amidine groups is 1. The topological polar surface area (TPSA) is 75.0 Å². The third-order valence-corrected chi connectivity index (χ3v) is 6.89. The fraction of sp³-hybridized carbons (Fsp3) is 0.500. The largest absolute Gasteiger partial charge is 0.390 e. The molecule has 1 aromatic carbocycles. The molecule has 1 aromatic heterocycles. The zero-order valence-corrected chi connectivity index (χ0v) is 18.8. The number of carbonyl (C=O) groups excluding carboxylic acids is 1. The number of aromatic nitrogens is 1. The molecule has 0 aliphatic carbocycles. The molecular formula is C26H31N3O3. The molecule has 6 nitrogen and oxygen atoms in total. The summed E-state index contributed by atoms with van der Waals surface area (Å²) in [6.07, 6.45) is 5.34. The summed E-state index contributed by atoms with van der Waals surface area (Å²) < 4.78 is 5.96. The van der Waals surface area contributed by atoms with E-state index in [2.05, 4.69) is 9.88 Å². The maximum atomic E-state index is 12.9. The van der Waals surface area contributed by atoms with Crippen LogP contribution in [0.15, 0.2) is 47.6 Å². The number of hydrogen-bond acceptors (Lipinski definition) is 6. The Balaban J connectivity index is 1.26. The summed E-state index contributed by atoms with van der Waals surface area (Å²) in [4.78, 5) is 24.7. The van der Waals surface area contributed by atoms with Crippen LogP contribution in [0.2, 0.25) is 0 Å². The Labute approximate surface area is 189 Å². The highest BCUT2D eigenvalue weighted by Gasteiger charge is 2.36. The standard InChI is InChI=1S/C26H31N3O3/c1-26(2,31)24(17-6-4-3-5-7-17)12-20(30)11-19-10-18-13-28-25(23(18)14-27-19)29-15-21-8-9-22(16-29)32-21/h3-7,10,14,21-22,24,31H,8-9,11-13,15-16H2,1-2H3/t21?,22?,24-/m0/s1. The summed E-state index contributed by atoms with van der Waals surface area (Å²) in [5.74, 6) is 0.853. The minimum atomic E-state index is -0.983. The van der Waals surface area contributed by atoms with Crippen LogP contribution in [0.5, 0.6) is 0 Å². The second-order valence-electron chi connectivity index (χ2n) is 9.87. The second-order valence-corrected chi connectivity index (χ2v) is 9.87. The smallest absolute Gasteiger partial charge is 0.139 e. The highest BCUT2D eigenvalue weighted by molar-refractivity contribution is 6.02. The summed E-state index contributed by atoms with van der Waals surface area (Å²) in [6, 6.07) is 11.8. The van der Waals surface area contributed by atoms with Crippen LogP contribution in [-0.4, -0.2) is 57.5 Å². The van der Waals surface area contributed by atoms with E-state index < -0.39 is 5.60 Å². The number of hydrogen-bond donors (Lipinski definition) is 1. The van der Waals surface area contributed by atoms with Gasteiger partial charge in [0.15, 0.2) is 0 Å². The van der Waals surface area contributed by atoms with Crippen molar-refractivity contribution in [2.24, 2.45) is 4.99 Å². The normalized spacial score (nSPS) is 23.1. The van der Waals surface area contributed by atoms with Crippen LogP contribution in [0, 0.1) is 0 Å². The third-order valence-electron chi connectivity index (χ3n) is 6.89. The van der Waals surface area contributed by atoms with Crippen molar-refractivity contribution < 1.29 is 14.6 Å². The maximum absolute atomic E-state index is 12.9. The minimum absolute atomic E-state index is 0.0809. The van der Waals surface area contributed by atoms with Crippen molar-refractivity contribution in [3.63, 3.8) is 0 Å². The van der Waals surface area contributed by atoms with Gasteiger partial charge in [-0.05, 0) is 43.9 Å². The van der Waals surface area contributed by atoms with Gasteiger partial charge >= 0.3 is 0 Å². The van der Waals surface area contributed by atoms with Crippen LogP contribution in [0.4, 0.5) is 0 Å². The van der Waals surface area contributed by atoms with Crippen molar-refractivity contribution in [2.75, 3.05) is 13.1 Å². The number of ether oxygens (including phenoxy) is 1. The quantitative estimate of drug-likeness (QED) is 0.757. The van der Waals surface area contributed by atoms with E-state index in [0.717, 1.165) is 54.2 Å². The molecule has 32 heavy (non-hydrogen) atoms. The number of fused-ring (bicyclic) bond motifs is 3. The van der Waals surface area contributed by atoms with Gasteiger partial charge in [0.1, 0.15) is 11.6 Å². The van der Waals surface area contributed by atoms with Gasteiger partial charge in [-0.15, -0.1) is 0 Å². The summed E-state index contributed by atoms with van der Waals surface area (Å²) in [5.41, 5.74) is 2.99. The SMILES string of the molecule is CC(C)(O)[C@@H](CC(=O)Cc1cc2c(cn1)C(N1CC3CCC(C1)O3)=NC2)c1ccccc1. The van der Waals surface area contributed by atoms with Crippen molar-refractivity contribution in [1.29, 1.82) is 0 Å². The molecular weight excluding hydrogens is 402 g/mol. The molecule has 3 aliphatic heterocycles. The molecule has 0 saturated carbocycles. The molecule has 2 unspecified atom stereocenters. The van der Waals surface area contributed by atoms with Gasteiger partial charge in [0.25, 0.3) is 0 Å². The second kappa shape index (κ2) is 8.41.